The van der Waals surface area contributed by atoms with E-state index < -0.39 is 0 Å². The van der Waals surface area contributed by atoms with Crippen LogP contribution in [0.15, 0.2) is 0 Å². The number of hydrogen-bond acceptors (Lipinski definition) is 3. The molecule has 0 aromatic heterocycles. The number of rotatable bonds is 3. The van der Waals surface area contributed by atoms with Gasteiger partial charge in [-0.2, -0.15) is 0 Å². The summed E-state index contributed by atoms with van der Waals surface area (Å²) in [7, 11) is 2.04. The molecule has 2 saturated heterocycles. The van der Waals surface area contributed by atoms with Gasteiger partial charge in [-0.3, -0.25) is 4.90 Å². The molecule has 3 nitrogen and oxygen atoms in total. The highest BCUT2D eigenvalue weighted by atomic mass is 16.5. The van der Waals surface area contributed by atoms with Crippen LogP contribution in [0.25, 0.3) is 0 Å². The predicted molar refractivity (Wildman–Crippen MR) is 48.3 cm³/mol. The highest BCUT2D eigenvalue weighted by molar-refractivity contribution is 4.86. The van der Waals surface area contributed by atoms with Crippen molar-refractivity contribution >= 4 is 0 Å². The summed E-state index contributed by atoms with van der Waals surface area (Å²) in [6, 6.07) is 0.728. The van der Waals surface area contributed by atoms with Gasteiger partial charge in [-0.25, -0.2) is 0 Å². The minimum Gasteiger partial charge on any atom is -0.377 e. The third-order valence-electron chi connectivity index (χ3n) is 2.85. The Morgan fingerprint density at radius 1 is 1.50 bits per heavy atom. The van der Waals surface area contributed by atoms with Crippen LogP contribution < -0.4 is 5.32 Å². The minimum atomic E-state index is 0.530. The van der Waals surface area contributed by atoms with Gasteiger partial charge in [0.2, 0.25) is 0 Å². The van der Waals surface area contributed by atoms with Gasteiger partial charge in [-0.1, -0.05) is 0 Å². The lowest BCUT2D eigenvalue weighted by Crippen LogP contribution is -2.58. The summed E-state index contributed by atoms with van der Waals surface area (Å²) in [5, 5.41) is 3.27. The Morgan fingerprint density at radius 3 is 2.92 bits per heavy atom. The van der Waals surface area contributed by atoms with Crippen LogP contribution in [-0.2, 0) is 4.74 Å². The van der Waals surface area contributed by atoms with E-state index in [1.54, 1.807) is 0 Å². The van der Waals surface area contributed by atoms with E-state index >= 15 is 0 Å². The number of hydrogen-bond donors (Lipinski definition) is 1. The fourth-order valence-electron chi connectivity index (χ4n) is 1.98. The van der Waals surface area contributed by atoms with E-state index in [1.165, 1.54) is 25.9 Å². The number of likely N-dealkylation sites (tertiary alicyclic amines) is 1. The molecule has 2 fully saturated rings. The third-order valence-corrected chi connectivity index (χ3v) is 2.85. The van der Waals surface area contributed by atoms with Crippen LogP contribution in [0.3, 0.4) is 0 Å². The second-order valence-electron chi connectivity index (χ2n) is 3.84. The van der Waals surface area contributed by atoms with Crippen LogP contribution in [-0.4, -0.2) is 50.3 Å². The molecular weight excluding hydrogens is 152 g/mol. The molecule has 0 saturated carbocycles. The Labute approximate surface area is 74.1 Å². The molecule has 0 aromatic rings. The Hall–Kier alpha value is -0.120. The van der Waals surface area contributed by atoms with Crippen molar-refractivity contribution in [1.82, 2.24) is 10.2 Å². The molecule has 1 N–H and O–H groups in total. The summed E-state index contributed by atoms with van der Waals surface area (Å²) in [5.74, 6) is 0. The van der Waals surface area contributed by atoms with Crippen LogP contribution in [0, 0.1) is 0 Å². The van der Waals surface area contributed by atoms with Crippen LogP contribution in [0.4, 0.5) is 0 Å². The first-order valence-electron chi connectivity index (χ1n) is 4.89. The topological polar surface area (TPSA) is 24.5 Å². The largest absolute Gasteiger partial charge is 0.377 e. The molecule has 1 atom stereocenters. The average molecular weight is 170 g/mol. The van der Waals surface area contributed by atoms with Gasteiger partial charge < -0.3 is 10.1 Å². The summed E-state index contributed by atoms with van der Waals surface area (Å²) in [6.45, 7) is 4.54. The van der Waals surface area contributed by atoms with E-state index in [1.807, 2.05) is 7.05 Å². The summed E-state index contributed by atoms with van der Waals surface area (Å²) >= 11 is 0. The van der Waals surface area contributed by atoms with E-state index in [-0.39, 0.29) is 0 Å². The normalized spacial score (nSPS) is 32.2. The lowest BCUT2D eigenvalue weighted by Gasteiger charge is -2.40. The zero-order chi connectivity index (χ0) is 8.39. The molecule has 0 radical (unpaired) electrons. The molecular formula is C9H18N2O. The Morgan fingerprint density at radius 2 is 2.33 bits per heavy atom. The van der Waals surface area contributed by atoms with Gasteiger partial charge in [0.15, 0.2) is 0 Å². The maximum absolute atomic E-state index is 5.57. The Kier molecular flexibility index (Phi) is 2.63. The lowest BCUT2D eigenvalue weighted by molar-refractivity contribution is 0.0376. The fourth-order valence-corrected chi connectivity index (χ4v) is 1.98. The molecule has 2 aliphatic heterocycles. The second kappa shape index (κ2) is 3.73. The Bertz CT molecular complexity index is 139. The van der Waals surface area contributed by atoms with Crippen molar-refractivity contribution in [2.45, 2.75) is 25.0 Å². The number of likely N-dealkylation sites (N-methyl/N-ethyl adjacent to an activating group) is 1. The first kappa shape index (κ1) is 8.48. The molecule has 0 amide bonds. The summed E-state index contributed by atoms with van der Waals surface area (Å²) in [5.41, 5.74) is 0. The van der Waals surface area contributed by atoms with Gasteiger partial charge in [0.1, 0.15) is 0 Å². The van der Waals surface area contributed by atoms with Gasteiger partial charge in [0, 0.05) is 32.3 Å². The highest BCUT2D eigenvalue weighted by Gasteiger charge is 2.28. The van der Waals surface area contributed by atoms with Gasteiger partial charge >= 0.3 is 0 Å². The molecule has 2 rings (SSSR count). The number of nitrogens with one attached hydrogen (secondary N) is 1. The van der Waals surface area contributed by atoms with E-state index in [4.69, 9.17) is 4.74 Å². The summed E-state index contributed by atoms with van der Waals surface area (Å²) < 4.78 is 5.57. The SMILES string of the molecule is CNC1CN(CC2CCCO2)C1. The molecule has 2 aliphatic rings. The Balaban J connectivity index is 1.62. The van der Waals surface area contributed by atoms with Gasteiger partial charge in [-0.05, 0) is 19.9 Å². The predicted octanol–water partition coefficient (Wildman–Crippen LogP) is 0.0690. The van der Waals surface area contributed by atoms with Crippen LogP contribution in [0.1, 0.15) is 12.8 Å². The molecule has 0 bridgehead atoms. The maximum atomic E-state index is 5.57. The average Bonchev–Trinajstić information content (AvgIpc) is 2.47. The van der Waals surface area contributed by atoms with Gasteiger partial charge in [0.05, 0.1) is 6.10 Å². The molecule has 12 heavy (non-hydrogen) atoms. The van der Waals surface area contributed by atoms with E-state index in [2.05, 4.69) is 10.2 Å². The monoisotopic (exact) mass is 170 g/mol. The van der Waals surface area contributed by atoms with Crippen molar-refractivity contribution in [1.29, 1.82) is 0 Å². The lowest BCUT2D eigenvalue weighted by atomic mass is 10.1. The third kappa shape index (κ3) is 1.79. The molecule has 1 unspecified atom stereocenters. The molecule has 0 aromatic carbocycles. The first-order valence-corrected chi connectivity index (χ1v) is 4.89. The number of nitrogens with zero attached hydrogens (tertiary/aromatic N) is 1. The van der Waals surface area contributed by atoms with Crippen molar-refractivity contribution in [3.63, 3.8) is 0 Å². The van der Waals surface area contributed by atoms with Crippen LogP contribution in [0.2, 0.25) is 0 Å². The zero-order valence-electron chi connectivity index (χ0n) is 7.75. The van der Waals surface area contributed by atoms with Crippen LogP contribution >= 0.6 is 0 Å². The molecule has 3 heteroatoms. The fraction of sp³-hybridized carbons (Fsp3) is 1.00. The van der Waals surface area contributed by atoms with Gasteiger partial charge in [-0.15, -0.1) is 0 Å². The maximum Gasteiger partial charge on any atom is 0.0702 e. The number of ether oxygens (including phenoxy) is 1. The van der Waals surface area contributed by atoms with Crippen molar-refractivity contribution in [2.75, 3.05) is 33.3 Å². The van der Waals surface area contributed by atoms with E-state index in [0.717, 1.165) is 19.2 Å². The smallest absolute Gasteiger partial charge is 0.0702 e. The summed E-state index contributed by atoms with van der Waals surface area (Å²) in [4.78, 5) is 2.47. The second-order valence-corrected chi connectivity index (χ2v) is 3.84. The highest BCUT2D eigenvalue weighted by Crippen LogP contribution is 2.16. The van der Waals surface area contributed by atoms with Crippen molar-refractivity contribution in [2.24, 2.45) is 0 Å². The minimum absolute atomic E-state index is 0.530. The van der Waals surface area contributed by atoms with Gasteiger partial charge in [0.25, 0.3) is 0 Å². The van der Waals surface area contributed by atoms with Crippen molar-refractivity contribution in [3.05, 3.63) is 0 Å². The van der Waals surface area contributed by atoms with Crippen LogP contribution in [0.5, 0.6) is 0 Å². The quantitative estimate of drug-likeness (QED) is 0.648. The first-order chi connectivity index (χ1) is 5.88. The molecule has 0 spiro atoms. The molecule has 2 heterocycles. The zero-order valence-corrected chi connectivity index (χ0v) is 7.75. The standard InChI is InChI=1S/C9H18N2O/c1-10-8-5-11(6-8)7-9-3-2-4-12-9/h8-10H,2-7H2,1H3. The van der Waals surface area contributed by atoms with Crippen molar-refractivity contribution < 1.29 is 4.74 Å². The molecule has 0 aliphatic carbocycles. The van der Waals surface area contributed by atoms with Crippen molar-refractivity contribution in [3.8, 4) is 0 Å². The summed E-state index contributed by atoms with van der Waals surface area (Å²) in [6.07, 6.45) is 3.05. The molecule has 70 valence electrons. The van der Waals surface area contributed by atoms with E-state index in [9.17, 15) is 0 Å². The van der Waals surface area contributed by atoms with E-state index in [0.29, 0.717) is 6.10 Å².